The second-order valence-electron chi connectivity index (χ2n) is 5.81. The largest absolute Gasteiger partial charge is 0.478 e. The van der Waals surface area contributed by atoms with Crippen molar-refractivity contribution in [2.75, 3.05) is 10.6 Å². The molecule has 0 aromatic heterocycles. The van der Waals surface area contributed by atoms with Gasteiger partial charge in [-0.05, 0) is 55.3 Å². The van der Waals surface area contributed by atoms with Crippen LogP contribution in [-0.2, 0) is 9.59 Å². The van der Waals surface area contributed by atoms with Gasteiger partial charge in [0.15, 0.2) is 0 Å². The molecular formula is C19H18Br2N2O4. The summed E-state index contributed by atoms with van der Waals surface area (Å²) in [6.07, 6.45) is 1.60. The Morgan fingerprint density at radius 3 is 1.96 bits per heavy atom. The van der Waals surface area contributed by atoms with E-state index in [0.717, 1.165) is 10.2 Å². The van der Waals surface area contributed by atoms with E-state index in [1.165, 1.54) is 12.1 Å². The molecule has 8 heteroatoms. The molecule has 0 aliphatic rings. The molecule has 0 saturated heterocycles. The zero-order valence-corrected chi connectivity index (χ0v) is 17.5. The highest BCUT2D eigenvalue weighted by Crippen LogP contribution is 2.21. The summed E-state index contributed by atoms with van der Waals surface area (Å²) in [5, 5.41) is 14.6. The van der Waals surface area contributed by atoms with Gasteiger partial charge >= 0.3 is 5.97 Å². The summed E-state index contributed by atoms with van der Waals surface area (Å²) in [5.74, 6) is -1.51. The molecule has 0 saturated carbocycles. The van der Waals surface area contributed by atoms with Gasteiger partial charge in [-0.25, -0.2) is 4.79 Å². The highest BCUT2D eigenvalue weighted by atomic mass is 79.9. The van der Waals surface area contributed by atoms with E-state index in [2.05, 4.69) is 42.5 Å². The van der Waals surface area contributed by atoms with Crippen LogP contribution in [0, 0.1) is 0 Å². The van der Waals surface area contributed by atoms with Gasteiger partial charge in [0.05, 0.1) is 11.3 Å². The molecular weight excluding hydrogens is 480 g/mol. The average Bonchev–Trinajstić information content (AvgIpc) is 2.62. The van der Waals surface area contributed by atoms with Crippen LogP contribution in [0.15, 0.2) is 51.4 Å². The summed E-state index contributed by atoms with van der Waals surface area (Å²) >= 11 is 6.54. The number of rotatable bonds is 8. The summed E-state index contributed by atoms with van der Waals surface area (Å²) in [4.78, 5) is 35.2. The number of hydrogen-bond donors (Lipinski definition) is 3. The molecule has 0 fully saturated rings. The minimum absolute atomic E-state index is 0.0200. The Labute approximate surface area is 173 Å². The van der Waals surface area contributed by atoms with Crippen LogP contribution in [-0.4, -0.2) is 22.9 Å². The van der Waals surface area contributed by atoms with E-state index < -0.39 is 5.97 Å². The van der Waals surface area contributed by atoms with Crippen LogP contribution in [0.4, 0.5) is 11.4 Å². The van der Waals surface area contributed by atoms with E-state index in [1.54, 1.807) is 18.2 Å². The number of carbonyl (C=O) groups excluding carboxylic acids is 2. The topological polar surface area (TPSA) is 95.5 Å². The molecule has 0 atom stereocenters. The highest BCUT2D eigenvalue weighted by Gasteiger charge is 2.13. The number of benzene rings is 2. The van der Waals surface area contributed by atoms with Gasteiger partial charge in [0.1, 0.15) is 0 Å². The molecule has 3 N–H and O–H groups in total. The van der Waals surface area contributed by atoms with Gasteiger partial charge in [0.25, 0.3) is 0 Å². The number of amides is 2. The first kappa shape index (κ1) is 21.1. The van der Waals surface area contributed by atoms with Crippen LogP contribution in [0.2, 0.25) is 0 Å². The third-order valence-corrected chi connectivity index (χ3v) is 4.69. The first-order valence-corrected chi connectivity index (χ1v) is 9.82. The Hall–Kier alpha value is -2.19. The number of aromatic carboxylic acids is 1. The molecule has 0 bridgehead atoms. The molecule has 2 aromatic carbocycles. The lowest BCUT2D eigenvalue weighted by Crippen LogP contribution is -2.15. The number of unbranched alkanes of at least 4 members (excludes halogenated alkanes) is 1. The molecule has 2 rings (SSSR count). The van der Waals surface area contributed by atoms with E-state index >= 15 is 0 Å². The third kappa shape index (κ3) is 7.15. The summed E-state index contributed by atoms with van der Waals surface area (Å²) in [7, 11) is 0. The van der Waals surface area contributed by atoms with E-state index in [4.69, 9.17) is 0 Å². The van der Waals surface area contributed by atoms with E-state index in [1.807, 2.05) is 12.1 Å². The maximum Gasteiger partial charge on any atom is 0.337 e. The molecule has 0 unspecified atom stereocenters. The Morgan fingerprint density at radius 2 is 1.37 bits per heavy atom. The van der Waals surface area contributed by atoms with Gasteiger partial charge in [-0.3, -0.25) is 9.59 Å². The first-order chi connectivity index (χ1) is 12.8. The van der Waals surface area contributed by atoms with Crippen LogP contribution >= 0.6 is 31.9 Å². The summed E-state index contributed by atoms with van der Waals surface area (Å²) < 4.78 is 1.55. The average molecular weight is 498 g/mol. The van der Waals surface area contributed by atoms with Crippen LogP contribution in [0.5, 0.6) is 0 Å². The normalized spacial score (nSPS) is 10.3. The van der Waals surface area contributed by atoms with Gasteiger partial charge in [-0.15, -0.1) is 0 Å². The van der Waals surface area contributed by atoms with E-state index in [0.29, 0.717) is 23.7 Å². The fourth-order valence-electron chi connectivity index (χ4n) is 2.34. The lowest BCUT2D eigenvalue weighted by molar-refractivity contribution is -0.118. The van der Waals surface area contributed by atoms with Crippen molar-refractivity contribution in [3.63, 3.8) is 0 Å². The number of carboxylic acid groups (broad SMARTS) is 1. The zero-order valence-electron chi connectivity index (χ0n) is 14.3. The monoisotopic (exact) mass is 496 g/mol. The van der Waals surface area contributed by atoms with E-state index in [-0.39, 0.29) is 29.5 Å². The molecule has 6 nitrogen and oxygen atoms in total. The van der Waals surface area contributed by atoms with Crippen molar-refractivity contribution in [2.45, 2.75) is 25.7 Å². The Kier molecular flexibility index (Phi) is 7.99. The Bertz CT molecular complexity index is 838. The van der Waals surface area contributed by atoms with Crippen molar-refractivity contribution in [3.8, 4) is 0 Å². The van der Waals surface area contributed by atoms with Gasteiger partial charge in [0.2, 0.25) is 11.8 Å². The second kappa shape index (κ2) is 10.2. The number of anilines is 2. The number of halogens is 2. The zero-order chi connectivity index (χ0) is 19.8. The molecule has 2 amide bonds. The van der Waals surface area contributed by atoms with Crippen LogP contribution in [0.3, 0.4) is 0 Å². The van der Waals surface area contributed by atoms with Gasteiger partial charge in [-0.2, -0.15) is 0 Å². The Morgan fingerprint density at radius 1 is 0.815 bits per heavy atom. The van der Waals surface area contributed by atoms with Crippen molar-refractivity contribution in [1.29, 1.82) is 0 Å². The molecule has 0 radical (unpaired) electrons. The molecule has 0 heterocycles. The fourth-order valence-corrected chi connectivity index (χ4v) is 2.97. The lowest BCUT2D eigenvalue weighted by Gasteiger charge is -2.09. The predicted octanol–water partition coefficient (Wildman–Crippen LogP) is 5.05. The predicted molar refractivity (Wildman–Crippen MR) is 111 cm³/mol. The van der Waals surface area contributed by atoms with Crippen molar-refractivity contribution in [1.82, 2.24) is 0 Å². The quantitative estimate of drug-likeness (QED) is 0.445. The molecule has 2 aromatic rings. The molecule has 142 valence electrons. The van der Waals surface area contributed by atoms with Gasteiger partial charge < -0.3 is 15.7 Å². The van der Waals surface area contributed by atoms with Crippen LogP contribution in [0.1, 0.15) is 36.0 Å². The van der Waals surface area contributed by atoms with Crippen molar-refractivity contribution >= 4 is 61.0 Å². The maximum absolute atomic E-state index is 12.0. The van der Waals surface area contributed by atoms with Crippen molar-refractivity contribution < 1.29 is 19.5 Å². The molecule has 27 heavy (non-hydrogen) atoms. The van der Waals surface area contributed by atoms with Gasteiger partial charge in [0, 0.05) is 27.5 Å². The smallest absolute Gasteiger partial charge is 0.337 e. The Balaban J connectivity index is 1.74. The van der Waals surface area contributed by atoms with E-state index in [9.17, 15) is 19.5 Å². The summed E-state index contributed by atoms with van der Waals surface area (Å²) in [5.41, 5.74) is 0.993. The van der Waals surface area contributed by atoms with Crippen molar-refractivity contribution in [3.05, 3.63) is 57.0 Å². The number of nitrogens with one attached hydrogen (secondary N) is 2. The third-order valence-electron chi connectivity index (χ3n) is 3.67. The van der Waals surface area contributed by atoms with Crippen molar-refractivity contribution in [2.24, 2.45) is 0 Å². The number of carbonyl (C=O) groups is 3. The molecule has 0 spiro atoms. The number of carboxylic acids is 1. The minimum atomic E-state index is -1.11. The second-order valence-corrected chi connectivity index (χ2v) is 7.64. The molecule has 0 aliphatic carbocycles. The molecule has 0 aliphatic heterocycles. The van der Waals surface area contributed by atoms with Crippen LogP contribution < -0.4 is 10.6 Å². The first-order valence-electron chi connectivity index (χ1n) is 8.23. The standard InChI is InChI=1S/C19H18Br2N2O4/c20-12-5-8-14(9-6-12)22-17(24)3-1-2-4-18(25)23-16-10-7-13(21)11-15(16)19(26)27/h5-11H,1-4H2,(H,22,24)(H,23,25)(H,26,27). The van der Waals surface area contributed by atoms with Crippen LogP contribution in [0.25, 0.3) is 0 Å². The highest BCUT2D eigenvalue weighted by molar-refractivity contribution is 9.10. The lowest BCUT2D eigenvalue weighted by atomic mass is 10.1. The summed E-state index contributed by atoms with van der Waals surface area (Å²) in [6.45, 7) is 0. The summed E-state index contributed by atoms with van der Waals surface area (Å²) in [6, 6.07) is 11.9. The maximum atomic E-state index is 12.0. The SMILES string of the molecule is O=C(CCCCC(=O)Nc1ccc(Br)cc1C(=O)O)Nc1ccc(Br)cc1. The minimum Gasteiger partial charge on any atom is -0.478 e. The fraction of sp³-hybridized carbons (Fsp3) is 0.211. The number of hydrogen-bond acceptors (Lipinski definition) is 3. The van der Waals surface area contributed by atoms with Gasteiger partial charge in [-0.1, -0.05) is 31.9 Å².